The molecule has 0 bridgehead atoms. The Morgan fingerprint density at radius 3 is 1.87 bits per heavy atom. The number of aryl methyl sites for hydroxylation is 1. The maximum absolute atomic E-state index is 13.4. The molecule has 0 atom stereocenters. The molecule has 4 aromatic rings. The first-order valence-corrected chi connectivity index (χ1v) is 11.9. The minimum atomic E-state index is -3.85. The number of anilines is 1. The Kier molecular flexibility index (Phi) is 5.71. The number of aromatic hydroxyl groups is 2. The number of phenolic OH excluding ortho intramolecular Hbond substituents is 2. The van der Waals surface area contributed by atoms with E-state index in [0.29, 0.717) is 10.6 Å². The summed E-state index contributed by atoms with van der Waals surface area (Å²) in [6.45, 7) is 1.86. The summed E-state index contributed by atoms with van der Waals surface area (Å²) in [6.07, 6.45) is 0. The van der Waals surface area contributed by atoms with Gasteiger partial charge in [0.05, 0.1) is 4.90 Å². The molecule has 0 unspecified atom stereocenters. The largest absolute Gasteiger partial charge is 0.508 e. The molecule has 31 heavy (non-hydrogen) atoms. The summed E-state index contributed by atoms with van der Waals surface area (Å²) < 4.78 is 29.4. The summed E-state index contributed by atoms with van der Waals surface area (Å²) in [5, 5.41) is 21.9. The van der Waals surface area contributed by atoms with Crippen molar-refractivity contribution in [2.24, 2.45) is 0 Å². The Labute approximate surface area is 185 Å². The van der Waals surface area contributed by atoms with Gasteiger partial charge in [-0.25, -0.2) is 8.42 Å². The molecule has 3 aromatic carbocycles. The molecule has 0 saturated heterocycles. The molecule has 0 aliphatic carbocycles. The van der Waals surface area contributed by atoms with Gasteiger partial charge in [-0.05, 0) is 71.0 Å². The number of hydrogen-bond donors (Lipinski definition) is 3. The number of phenols is 2. The molecule has 7 heteroatoms. The monoisotopic (exact) mass is 451 g/mol. The Hall–Kier alpha value is -3.29. The van der Waals surface area contributed by atoms with E-state index in [1.54, 1.807) is 72.8 Å². The second-order valence-electron chi connectivity index (χ2n) is 7.19. The van der Waals surface area contributed by atoms with Crippen LogP contribution in [-0.2, 0) is 10.0 Å². The fraction of sp³-hybridized carbons (Fsp3) is 0.0833. The molecule has 0 amide bonds. The van der Waals surface area contributed by atoms with Crippen LogP contribution in [0, 0.1) is 6.92 Å². The van der Waals surface area contributed by atoms with Crippen molar-refractivity contribution in [2.75, 3.05) is 4.72 Å². The van der Waals surface area contributed by atoms with Crippen LogP contribution in [0.4, 0.5) is 5.00 Å². The second kappa shape index (κ2) is 8.45. The third kappa shape index (κ3) is 4.42. The maximum Gasteiger partial charge on any atom is 0.262 e. The SMILES string of the molecule is Cc1ccsc1NS(=O)(=O)c1ccccc1C(c1ccc(O)cc1)c1ccc(O)cc1. The summed E-state index contributed by atoms with van der Waals surface area (Å²) in [5.41, 5.74) is 3.09. The van der Waals surface area contributed by atoms with Crippen molar-refractivity contribution >= 4 is 26.4 Å². The third-order valence-corrected chi connectivity index (χ3v) is 7.55. The standard InChI is InChI=1S/C24H21NO4S2/c1-16-14-15-30-24(16)25-31(28,29)22-5-3-2-4-21(22)23(17-6-10-19(26)11-7-17)18-8-12-20(27)13-9-18/h2-15,23,25-27H,1H3. The molecular formula is C24H21NO4S2. The summed E-state index contributed by atoms with van der Waals surface area (Å²) in [7, 11) is -3.85. The zero-order valence-electron chi connectivity index (χ0n) is 16.7. The quantitative estimate of drug-likeness (QED) is 0.340. The summed E-state index contributed by atoms with van der Waals surface area (Å²) in [4.78, 5) is 0.175. The first kappa shape index (κ1) is 21.0. The average molecular weight is 452 g/mol. The number of benzene rings is 3. The van der Waals surface area contributed by atoms with Crippen molar-refractivity contribution in [2.45, 2.75) is 17.7 Å². The molecule has 0 fully saturated rings. The fourth-order valence-electron chi connectivity index (χ4n) is 3.50. The highest BCUT2D eigenvalue weighted by molar-refractivity contribution is 7.93. The van der Waals surface area contributed by atoms with Crippen LogP contribution in [0.3, 0.4) is 0 Å². The number of sulfonamides is 1. The number of rotatable bonds is 6. The van der Waals surface area contributed by atoms with Gasteiger partial charge < -0.3 is 10.2 Å². The van der Waals surface area contributed by atoms with E-state index >= 15 is 0 Å². The van der Waals surface area contributed by atoms with Crippen LogP contribution >= 0.6 is 11.3 Å². The Morgan fingerprint density at radius 1 is 0.806 bits per heavy atom. The molecule has 1 heterocycles. The smallest absolute Gasteiger partial charge is 0.262 e. The van der Waals surface area contributed by atoms with Gasteiger partial charge in [0, 0.05) is 5.92 Å². The van der Waals surface area contributed by atoms with Gasteiger partial charge in [0.25, 0.3) is 10.0 Å². The Balaban J connectivity index is 1.87. The molecule has 0 aliphatic heterocycles. The molecule has 5 nitrogen and oxygen atoms in total. The van der Waals surface area contributed by atoms with Crippen molar-refractivity contribution in [3.05, 3.63) is 106 Å². The number of hydrogen-bond acceptors (Lipinski definition) is 5. The molecule has 0 aliphatic rings. The number of thiophene rings is 1. The normalized spacial score (nSPS) is 11.5. The molecule has 0 saturated carbocycles. The molecule has 158 valence electrons. The Morgan fingerprint density at radius 2 is 1.35 bits per heavy atom. The van der Waals surface area contributed by atoms with Gasteiger partial charge in [-0.3, -0.25) is 4.72 Å². The minimum absolute atomic E-state index is 0.129. The van der Waals surface area contributed by atoms with E-state index in [9.17, 15) is 18.6 Å². The van der Waals surface area contributed by atoms with Crippen LogP contribution in [-0.4, -0.2) is 18.6 Å². The highest BCUT2D eigenvalue weighted by Gasteiger charge is 2.26. The van der Waals surface area contributed by atoms with Gasteiger partial charge in [-0.2, -0.15) is 0 Å². The molecule has 3 N–H and O–H groups in total. The minimum Gasteiger partial charge on any atom is -0.508 e. The van der Waals surface area contributed by atoms with Crippen molar-refractivity contribution < 1.29 is 18.6 Å². The summed E-state index contributed by atoms with van der Waals surface area (Å²) in [5.74, 6) is -0.161. The zero-order chi connectivity index (χ0) is 22.0. The molecular weight excluding hydrogens is 430 g/mol. The van der Waals surface area contributed by atoms with Gasteiger partial charge >= 0.3 is 0 Å². The van der Waals surface area contributed by atoms with Gasteiger partial charge in [-0.1, -0.05) is 42.5 Å². The zero-order valence-corrected chi connectivity index (χ0v) is 18.3. The van der Waals surface area contributed by atoms with E-state index in [1.165, 1.54) is 11.3 Å². The molecule has 0 spiro atoms. The lowest BCUT2D eigenvalue weighted by Gasteiger charge is -2.22. The second-order valence-corrected chi connectivity index (χ2v) is 9.76. The lowest BCUT2D eigenvalue weighted by atomic mass is 9.85. The van der Waals surface area contributed by atoms with E-state index in [0.717, 1.165) is 16.7 Å². The fourth-order valence-corrected chi connectivity index (χ4v) is 5.96. The van der Waals surface area contributed by atoms with Crippen LogP contribution in [0.1, 0.15) is 28.2 Å². The van der Waals surface area contributed by atoms with Crippen molar-refractivity contribution in [3.63, 3.8) is 0 Å². The van der Waals surface area contributed by atoms with Gasteiger partial charge in [-0.15, -0.1) is 11.3 Å². The van der Waals surface area contributed by atoms with Crippen LogP contribution in [0.2, 0.25) is 0 Å². The van der Waals surface area contributed by atoms with E-state index in [4.69, 9.17) is 0 Å². The van der Waals surface area contributed by atoms with Crippen LogP contribution in [0.5, 0.6) is 11.5 Å². The topological polar surface area (TPSA) is 86.6 Å². The maximum atomic E-state index is 13.4. The van der Waals surface area contributed by atoms with E-state index < -0.39 is 15.9 Å². The van der Waals surface area contributed by atoms with Crippen LogP contribution < -0.4 is 4.72 Å². The van der Waals surface area contributed by atoms with E-state index in [-0.39, 0.29) is 16.4 Å². The van der Waals surface area contributed by atoms with Gasteiger partial charge in [0.1, 0.15) is 16.5 Å². The molecule has 4 rings (SSSR count). The third-order valence-electron chi connectivity index (χ3n) is 5.06. The van der Waals surface area contributed by atoms with Gasteiger partial charge in [0.15, 0.2) is 0 Å². The van der Waals surface area contributed by atoms with Crippen molar-refractivity contribution in [3.8, 4) is 11.5 Å². The predicted molar refractivity (Wildman–Crippen MR) is 123 cm³/mol. The first-order valence-electron chi connectivity index (χ1n) is 9.59. The van der Waals surface area contributed by atoms with Crippen molar-refractivity contribution in [1.82, 2.24) is 0 Å². The summed E-state index contributed by atoms with van der Waals surface area (Å²) in [6, 6.07) is 22.1. The van der Waals surface area contributed by atoms with Crippen LogP contribution in [0.15, 0.2) is 89.1 Å². The Bertz CT molecular complexity index is 1250. The highest BCUT2D eigenvalue weighted by Crippen LogP contribution is 2.37. The highest BCUT2D eigenvalue weighted by atomic mass is 32.2. The lowest BCUT2D eigenvalue weighted by Crippen LogP contribution is -2.17. The first-order chi connectivity index (χ1) is 14.8. The van der Waals surface area contributed by atoms with Crippen molar-refractivity contribution in [1.29, 1.82) is 0 Å². The van der Waals surface area contributed by atoms with E-state index in [1.807, 2.05) is 18.4 Å². The van der Waals surface area contributed by atoms with Crippen LogP contribution in [0.25, 0.3) is 0 Å². The predicted octanol–water partition coefficient (Wildman–Crippen LogP) is 5.45. The molecule has 0 radical (unpaired) electrons. The molecule has 1 aromatic heterocycles. The van der Waals surface area contributed by atoms with E-state index in [2.05, 4.69) is 4.72 Å². The average Bonchev–Trinajstić information content (AvgIpc) is 3.15. The number of nitrogens with one attached hydrogen (secondary N) is 1. The van der Waals surface area contributed by atoms with Gasteiger partial charge in [0.2, 0.25) is 0 Å². The lowest BCUT2D eigenvalue weighted by molar-refractivity contribution is 0.475. The summed E-state index contributed by atoms with van der Waals surface area (Å²) >= 11 is 1.34.